The zero-order valence-electron chi connectivity index (χ0n) is 19.9. The summed E-state index contributed by atoms with van der Waals surface area (Å²) in [6, 6.07) is 32.8. The summed E-state index contributed by atoms with van der Waals surface area (Å²) in [5.41, 5.74) is 7.18. The first-order valence-corrected chi connectivity index (χ1v) is 12.3. The highest BCUT2D eigenvalue weighted by atomic mass is 35.5. The fourth-order valence-corrected chi connectivity index (χ4v) is 5.04. The molecule has 4 aromatic carbocycles. The van der Waals surface area contributed by atoms with Crippen LogP contribution in [0.15, 0.2) is 103 Å². The SMILES string of the molecule is Cn1ccc2cccc(COc3cccc(-c4c(Cc5ccccc5)nnc5c(Cl)cccc45)c3)c21. The highest BCUT2D eigenvalue weighted by Gasteiger charge is 2.16. The minimum absolute atomic E-state index is 0.483. The third kappa shape index (κ3) is 4.21. The van der Waals surface area contributed by atoms with E-state index in [0.29, 0.717) is 23.6 Å². The van der Waals surface area contributed by atoms with Crippen molar-refractivity contribution in [3.63, 3.8) is 0 Å². The molecule has 0 fully saturated rings. The molecule has 0 bridgehead atoms. The van der Waals surface area contributed by atoms with Gasteiger partial charge in [0.05, 0.1) is 16.2 Å². The molecular weight excluding hydrogens is 466 g/mol. The van der Waals surface area contributed by atoms with Gasteiger partial charge in [-0.15, -0.1) is 5.10 Å². The molecule has 0 unspecified atom stereocenters. The Bertz CT molecular complexity index is 1690. The minimum atomic E-state index is 0.483. The Kier molecular flexibility index (Phi) is 5.88. The molecule has 0 saturated heterocycles. The average molecular weight is 490 g/mol. The number of benzene rings is 4. The number of nitrogens with zero attached hydrogens (tertiary/aromatic N) is 3. The molecule has 176 valence electrons. The van der Waals surface area contributed by atoms with Crippen molar-refractivity contribution < 1.29 is 4.74 Å². The summed E-state index contributed by atoms with van der Waals surface area (Å²) in [5.74, 6) is 0.802. The molecule has 5 heteroatoms. The van der Waals surface area contributed by atoms with E-state index in [1.54, 1.807) is 0 Å². The van der Waals surface area contributed by atoms with Crippen LogP contribution in [0.3, 0.4) is 0 Å². The third-order valence-electron chi connectivity index (χ3n) is 6.53. The molecule has 36 heavy (non-hydrogen) atoms. The Morgan fingerprint density at radius 2 is 1.67 bits per heavy atom. The van der Waals surface area contributed by atoms with Crippen LogP contribution in [0.25, 0.3) is 32.9 Å². The van der Waals surface area contributed by atoms with Gasteiger partial charge in [-0.3, -0.25) is 0 Å². The number of ether oxygens (including phenoxy) is 1. The van der Waals surface area contributed by atoms with Gasteiger partial charge in [0.2, 0.25) is 0 Å². The molecule has 0 aliphatic heterocycles. The summed E-state index contributed by atoms with van der Waals surface area (Å²) in [7, 11) is 2.06. The largest absolute Gasteiger partial charge is 0.489 e. The van der Waals surface area contributed by atoms with E-state index in [-0.39, 0.29) is 0 Å². The second kappa shape index (κ2) is 9.48. The van der Waals surface area contributed by atoms with Gasteiger partial charge in [-0.05, 0) is 40.8 Å². The van der Waals surface area contributed by atoms with Crippen LogP contribution in [0.1, 0.15) is 16.8 Å². The van der Waals surface area contributed by atoms with Crippen LogP contribution in [-0.4, -0.2) is 14.8 Å². The summed E-state index contributed by atoms with van der Waals surface area (Å²) in [5, 5.41) is 11.9. The normalized spacial score (nSPS) is 11.3. The minimum Gasteiger partial charge on any atom is -0.489 e. The molecule has 0 N–H and O–H groups in total. The summed E-state index contributed by atoms with van der Waals surface area (Å²) in [4.78, 5) is 0. The van der Waals surface area contributed by atoms with Crippen molar-refractivity contribution in [1.82, 2.24) is 14.8 Å². The summed E-state index contributed by atoms with van der Waals surface area (Å²) < 4.78 is 8.44. The van der Waals surface area contributed by atoms with Crippen molar-refractivity contribution in [1.29, 1.82) is 0 Å². The molecule has 6 rings (SSSR count). The van der Waals surface area contributed by atoms with Crippen LogP contribution in [-0.2, 0) is 20.1 Å². The second-order valence-corrected chi connectivity index (χ2v) is 9.33. The van der Waals surface area contributed by atoms with E-state index < -0.39 is 0 Å². The Balaban J connectivity index is 1.40. The van der Waals surface area contributed by atoms with E-state index >= 15 is 0 Å². The topological polar surface area (TPSA) is 39.9 Å². The first-order valence-electron chi connectivity index (χ1n) is 11.9. The zero-order valence-corrected chi connectivity index (χ0v) is 20.6. The van der Waals surface area contributed by atoms with Crippen LogP contribution in [0, 0.1) is 0 Å². The summed E-state index contributed by atoms with van der Waals surface area (Å²) in [6.45, 7) is 0.483. The Morgan fingerprint density at radius 1 is 0.833 bits per heavy atom. The van der Waals surface area contributed by atoms with Gasteiger partial charge >= 0.3 is 0 Å². The van der Waals surface area contributed by atoms with E-state index in [0.717, 1.165) is 33.5 Å². The van der Waals surface area contributed by atoms with Crippen LogP contribution >= 0.6 is 11.6 Å². The zero-order chi connectivity index (χ0) is 24.5. The standard InChI is InChI=1S/C31H24ClN3O/c1-35-17-16-22-10-5-12-24(31(22)35)20-36-25-13-6-11-23(19-25)29-26-14-7-15-27(32)30(26)34-33-28(29)18-21-8-3-2-4-9-21/h2-17,19H,18,20H2,1H3. The number of rotatable bonds is 6. The average Bonchev–Trinajstić information content (AvgIpc) is 3.29. The van der Waals surface area contributed by atoms with Crippen molar-refractivity contribution >= 4 is 33.4 Å². The number of aryl methyl sites for hydroxylation is 1. The number of para-hydroxylation sites is 1. The number of fused-ring (bicyclic) bond motifs is 2. The summed E-state index contributed by atoms with van der Waals surface area (Å²) in [6.07, 6.45) is 2.75. The Labute approximate surface area is 214 Å². The Morgan fingerprint density at radius 3 is 2.56 bits per heavy atom. The number of hydrogen-bond acceptors (Lipinski definition) is 3. The first kappa shape index (κ1) is 22.3. The highest BCUT2D eigenvalue weighted by molar-refractivity contribution is 6.35. The molecule has 2 aromatic heterocycles. The molecule has 0 spiro atoms. The lowest BCUT2D eigenvalue weighted by atomic mass is 9.96. The van der Waals surface area contributed by atoms with Gasteiger partial charge in [0.15, 0.2) is 0 Å². The van der Waals surface area contributed by atoms with E-state index in [2.05, 4.69) is 82.6 Å². The highest BCUT2D eigenvalue weighted by Crippen LogP contribution is 2.35. The van der Waals surface area contributed by atoms with E-state index in [9.17, 15) is 0 Å². The number of aromatic nitrogens is 3. The van der Waals surface area contributed by atoms with Crippen molar-refractivity contribution in [3.05, 3.63) is 125 Å². The smallest absolute Gasteiger partial charge is 0.120 e. The van der Waals surface area contributed by atoms with Gasteiger partial charge in [-0.1, -0.05) is 84.4 Å². The molecule has 0 radical (unpaired) electrons. The number of hydrogen-bond donors (Lipinski definition) is 0. The van der Waals surface area contributed by atoms with Gasteiger partial charge in [0.1, 0.15) is 17.9 Å². The maximum absolute atomic E-state index is 6.50. The predicted octanol–water partition coefficient (Wildman–Crippen LogP) is 7.61. The maximum Gasteiger partial charge on any atom is 0.120 e. The van der Waals surface area contributed by atoms with Crippen molar-refractivity contribution in [2.75, 3.05) is 0 Å². The molecule has 6 aromatic rings. The molecule has 0 atom stereocenters. The van der Waals surface area contributed by atoms with Crippen LogP contribution in [0.4, 0.5) is 0 Å². The van der Waals surface area contributed by atoms with Crippen LogP contribution in [0.5, 0.6) is 5.75 Å². The summed E-state index contributed by atoms with van der Waals surface area (Å²) >= 11 is 6.50. The fourth-order valence-electron chi connectivity index (χ4n) is 4.83. The van der Waals surface area contributed by atoms with Crippen LogP contribution < -0.4 is 4.74 Å². The predicted molar refractivity (Wildman–Crippen MR) is 146 cm³/mol. The molecule has 2 heterocycles. The van der Waals surface area contributed by atoms with Crippen LogP contribution in [0.2, 0.25) is 5.02 Å². The fraction of sp³-hybridized carbons (Fsp3) is 0.0968. The molecule has 0 saturated carbocycles. The molecule has 0 aliphatic rings. The van der Waals surface area contributed by atoms with Gasteiger partial charge in [0.25, 0.3) is 0 Å². The maximum atomic E-state index is 6.50. The third-order valence-corrected chi connectivity index (χ3v) is 6.83. The molecule has 0 amide bonds. The Hall–Kier alpha value is -4.15. The second-order valence-electron chi connectivity index (χ2n) is 8.92. The van der Waals surface area contributed by atoms with Crippen molar-refractivity contribution in [2.45, 2.75) is 13.0 Å². The first-order chi connectivity index (χ1) is 17.7. The lowest BCUT2D eigenvalue weighted by Gasteiger charge is -2.14. The van der Waals surface area contributed by atoms with Crippen molar-refractivity contribution in [3.8, 4) is 16.9 Å². The molecular formula is C31H24ClN3O. The molecule has 4 nitrogen and oxygen atoms in total. The number of halogens is 1. The van der Waals surface area contributed by atoms with E-state index in [1.165, 1.54) is 16.5 Å². The van der Waals surface area contributed by atoms with E-state index in [4.69, 9.17) is 16.3 Å². The lowest BCUT2D eigenvalue weighted by Crippen LogP contribution is -2.01. The van der Waals surface area contributed by atoms with Gasteiger partial charge < -0.3 is 9.30 Å². The monoisotopic (exact) mass is 489 g/mol. The lowest BCUT2D eigenvalue weighted by molar-refractivity contribution is 0.307. The van der Waals surface area contributed by atoms with Gasteiger partial charge in [-0.25, -0.2) is 0 Å². The molecule has 0 aliphatic carbocycles. The van der Waals surface area contributed by atoms with Gasteiger partial charge in [-0.2, -0.15) is 5.10 Å². The van der Waals surface area contributed by atoms with E-state index in [1.807, 2.05) is 42.5 Å². The van der Waals surface area contributed by atoms with Crippen molar-refractivity contribution in [2.24, 2.45) is 7.05 Å². The quantitative estimate of drug-likeness (QED) is 0.241. The van der Waals surface area contributed by atoms with Gasteiger partial charge in [0, 0.05) is 36.2 Å².